The Kier molecular flexibility index (Phi) is 7.00. The Labute approximate surface area is 175 Å². The second kappa shape index (κ2) is 9.87. The second-order valence-electron chi connectivity index (χ2n) is 7.49. The number of carbonyl (C=O) groups is 2. The van der Waals surface area contributed by atoms with Crippen molar-refractivity contribution in [2.45, 2.75) is 26.3 Å². The maximum Gasteiger partial charge on any atom is 0.338 e. The standard InChI is InChI=1S/C22H25N3O5/c1-16-6-5-11-24(14-16)21(26)15-30-22(27)18-9-10-19(20(12-18)25(28)29)23-13-17-7-3-2-4-8-17/h2-4,7-10,12,16,23H,5-6,11,13-15H2,1H3/t16-/m0/s1. The second-order valence-corrected chi connectivity index (χ2v) is 7.49. The summed E-state index contributed by atoms with van der Waals surface area (Å²) in [4.78, 5) is 37.2. The molecule has 2 aromatic carbocycles. The lowest BCUT2D eigenvalue weighted by molar-refractivity contribution is -0.384. The molecule has 0 radical (unpaired) electrons. The van der Waals surface area contributed by atoms with Gasteiger partial charge in [0.2, 0.25) is 0 Å². The lowest BCUT2D eigenvalue weighted by Gasteiger charge is -2.30. The van der Waals surface area contributed by atoms with Crippen LogP contribution in [-0.4, -0.2) is 41.4 Å². The van der Waals surface area contributed by atoms with Crippen LogP contribution in [0.25, 0.3) is 0 Å². The Balaban J connectivity index is 1.62. The molecule has 1 saturated heterocycles. The highest BCUT2D eigenvalue weighted by molar-refractivity contribution is 5.93. The summed E-state index contributed by atoms with van der Waals surface area (Å²) in [6, 6.07) is 13.6. The van der Waals surface area contributed by atoms with Gasteiger partial charge in [0.25, 0.3) is 11.6 Å². The third kappa shape index (κ3) is 5.56. The third-order valence-electron chi connectivity index (χ3n) is 5.09. The molecule has 158 valence electrons. The van der Waals surface area contributed by atoms with E-state index in [4.69, 9.17) is 4.74 Å². The summed E-state index contributed by atoms with van der Waals surface area (Å²) in [6.45, 7) is 3.44. The number of amides is 1. The zero-order chi connectivity index (χ0) is 21.5. The molecule has 2 aromatic rings. The molecule has 0 saturated carbocycles. The number of nitrogens with zero attached hydrogens (tertiary/aromatic N) is 2. The molecule has 1 fully saturated rings. The van der Waals surface area contributed by atoms with Gasteiger partial charge in [0.05, 0.1) is 10.5 Å². The summed E-state index contributed by atoms with van der Waals surface area (Å²) in [5, 5.41) is 14.5. The van der Waals surface area contributed by atoms with Gasteiger partial charge in [0.1, 0.15) is 5.69 Å². The van der Waals surface area contributed by atoms with Crippen LogP contribution in [0.4, 0.5) is 11.4 Å². The third-order valence-corrected chi connectivity index (χ3v) is 5.09. The molecule has 1 heterocycles. The van der Waals surface area contributed by atoms with Gasteiger partial charge in [-0.3, -0.25) is 14.9 Å². The number of likely N-dealkylation sites (tertiary alicyclic amines) is 1. The minimum atomic E-state index is -0.758. The van der Waals surface area contributed by atoms with Crippen LogP contribution >= 0.6 is 0 Å². The van der Waals surface area contributed by atoms with Crippen molar-refractivity contribution in [3.63, 3.8) is 0 Å². The zero-order valence-corrected chi connectivity index (χ0v) is 16.9. The summed E-state index contributed by atoms with van der Waals surface area (Å²) in [5.41, 5.74) is 1.09. The number of anilines is 1. The summed E-state index contributed by atoms with van der Waals surface area (Å²) in [7, 11) is 0. The van der Waals surface area contributed by atoms with Gasteiger partial charge in [0.15, 0.2) is 6.61 Å². The van der Waals surface area contributed by atoms with E-state index in [2.05, 4.69) is 12.2 Å². The van der Waals surface area contributed by atoms with Crippen LogP contribution in [0.5, 0.6) is 0 Å². The number of hydrogen-bond donors (Lipinski definition) is 1. The molecular formula is C22H25N3O5. The van der Waals surface area contributed by atoms with Gasteiger partial charge >= 0.3 is 5.97 Å². The van der Waals surface area contributed by atoms with Gasteiger partial charge in [-0.1, -0.05) is 37.3 Å². The largest absolute Gasteiger partial charge is 0.452 e. The predicted molar refractivity (Wildman–Crippen MR) is 112 cm³/mol. The van der Waals surface area contributed by atoms with Crippen LogP contribution in [0.1, 0.15) is 35.7 Å². The number of nitro groups is 1. The number of rotatable bonds is 7. The number of hydrogen-bond acceptors (Lipinski definition) is 6. The Hall–Kier alpha value is -3.42. The van der Waals surface area contributed by atoms with Gasteiger partial charge in [-0.15, -0.1) is 0 Å². The van der Waals surface area contributed by atoms with E-state index >= 15 is 0 Å². The van der Waals surface area contributed by atoms with E-state index in [1.165, 1.54) is 18.2 Å². The molecule has 0 aliphatic carbocycles. The fourth-order valence-corrected chi connectivity index (χ4v) is 3.47. The number of esters is 1. The Morgan fingerprint density at radius 1 is 1.23 bits per heavy atom. The first-order chi connectivity index (χ1) is 14.4. The minimum Gasteiger partial charge on any atom is -0.452 e. The molecule has 0 unspecified atom stereocenters. The van der Waals surface area contributed by atoms with E-state index in [0.717, 1.165) is 18.4 Å². The van der Waals surface area contributed by atoms with Crippen molar-refractivity contribution in [3.8, 4) is 0 Å². The molecule has 8 heteroatoms. The molecule has 1 aliphatic rings. The fraction of sp³-hybridized carbons (Fsp3) is 0.364. The van der Waals surface area contributed by atoms with Gasteiger partial charge in [0, 0.05) is 25.7 Å². The SMILES string of the molecule is C[C@H]1CCCN(C(=O)COC(=O)c2ccc(NCc3ccccc3)c([N+](=O)[O-])c2)C1. The van der Waals surface area contributed by atoms with Crippen molar-refractivity contribution in [1.29, 1.82) is 0 Å². The smallest absolute Gasteiger partial charge is 0.338 e. The topological polar surface area (TPSA) is 102 Å². The molecule has 1 amide bonds. The number of piperidine rings is 1. The summed E-state index contributed by atoms with van der Waals surface area (Å²) in [6.07, 6.45) is 2.02. The molecule has 1 N–H and O–H groups in total. The monoisotopic (exact) mass is 411 g/mol. The first-order valence-electron chi connectivity index (χ1n) is 9.95. The number of nitrogens with one attached hydrogen (secondary N) is 1. The number of carbonyl (C=O) groups excluding carboxylic acids is 2. The minimum absolute atomic E-state index is 0.0340. The van der Waals surface area contributed by atoms with Crippen LogP contribution in [0.15, 0.2) is 48.5 Å². The lowest BCUT2D eigenvalue weighted by Crippen LogP contribution is -2.41. The zero-order valence-electron chi connectivity index (χ0n) is 16.9. The average molecular weight is 411 g/mol. The summed E-state index contributed by atoms with van der Waals surface area (Å²) in [5.74, 6) is -0.575. The van der Waals surface area contributed by atoms with Crippen molar-refractivity contribution >= 4 is 23.3 Å². The van der Waals surface area contributed by atoms with Gasteiger partial charge < -0.3 is 15.0 Å². The highest BCUT2D eigenvalue weighted by Crippen LogP contribution is 2.26. The Morgan fingerprint density at radius 2 is 2.00 bits per heavy atom. The normalized spacial score (nSPS) is 16.0. The number of benzene rings is 2. The van der Waals surface area contributed by atoms with Crippen molar-refractivity contribution in [1.82, 2.24) is 4.90 Å². The molecule has 0 spiro atoms. The maximum absolute atomic E-state index is 12.3. The van der Waals surface area contributed by atoms with Crippen LogP contribution in [0.3, 0.4) is 0 Å². The van der Waals surface area contributed by atoms with E-state index in [1.807, 2.05) is 30.3 Å². The highest BCUT2D eigenvalue weighted by atomic mass is 16.6. The number of ether oxygens (including phenoxy) is 1. The average Bonchev–Trinajstić information content (AvgIpc) is 2.76. The van der Waals surface area contributed by atoms with Crippen molar-refractivity contribution in [2.75, 3.05) is 25.0 Å². The maximum atomic E-state index is 12.3. The van der Waals surface area contributed by atoms with Gasteiger partial charge in [-0.2, -0.15) is 0 Å². The summed E-state index contributed by atoms with van der Waals surface area (Å²) >= 11 is 0. The van der Waals surface area contributed by atoms with Crippen molar-refractivity contribution < 1.29 is 19.2 Å². The van der Waals surface area contributed by atoms with E-state index in [-0.39, 0.29) is 23.8 Å². The first-order valence-corrected chi connectivity index (χ1v) is 9.95. The molecule has 3 rings (SSSR count). The van der Waals surface area contributed by atoms with Gasteiger partial charge in [-0.25, -0.2) is 4.79 Å². The first kappa shape index (κ1) is 21.3. The molecule has 8 nitrogen and oxygen atoms in total. The molecule has 0 aromatic heterocycles. The number of nitro benzene ring substituents is 1. The Morgan fingerprint density at radius 3 is 2.70 bits per heavy atom. The van der Waals surface area contributed by atoms with Crippen LogP contribution < -0.4 is 5.32 Å². The molecule has 1 atom stereocenters. The van der Waals surface area contributed by atoms with Crippen molar-refractivity contribution in [3.05, 3.63) is 69.8 Å². The molecule has 0 bridgehead atoms. The summed E-state index contributed by atoms with van der Waals surface area (Å²) < 4.78 is 5.11. The van der Waals surface area contributed by atoms with E-state index in [0.29, 0.717) is 31.2 Å². The van der Waals surface area contributed by atoms with E-state index in [1.54, 1.807) is 4.90 Å². The Bertz CT molecular complexity index is 916. The van der Waals surface area contributed by atoms with E-state index < -0.39 is 10.9 Å². The molecular weight excluding hydrogens is 386 g/mol. The van der Waals surface area contributed by atoms with E-state index in [9.17, 15) is 19.7 Å². The highest BCUT2D eigenvalue weighted by Gasteiger charge is 2.23. The predicted octanol–water partition coefficient (Wildman–Crippen LogP) is 3.62. The lowest BCUT2D eigenvalue weighted by atomic mass is 10.0. The van der Waals surface area contributed by atoms with Crippen LogP contribution in [0.2, 0.25) is 0 Å². The molecule has 1 aliphatic heterocycles. The van der Waals surface area contributed by atoms with Gasteiger partial charge in [-0.05, 0) is 36.5 Å². The quantitative estimate of drug-likeness (QED) is 0.424. The molecule has 30 heavy (non-hydrogen) atoms. The fourth-order valence-electron chi connectivity index (χ4n) is 3.47. The van der Waals surface area contributed by atoms with Crippen LogP contribution in [0, 0.1) is 16.0 Å². The van der Waals surface area contributed by atoms with Crippen molar-refractivity contribution in [2.24, 2.45) is 5.92 Å². The van der Waals surface area contributed by atoms with Crippen LogP contribution in [-0.2, 0) is 16.1 Å².